The number of benzene rings is 2. The highest BCUT2D eigenvalue weighted by molar-refractivity contribution is 8.00. The number of carbonyl (C=O) groups excluding carboxylic acids is 1. The number of quaternary nitrogens is 1. The summed E-state index contributed by atoms with van der Waals surface area (Å²) in [5.74, 6) is 1.31. The smallest absolute Gasteiger partial charge is 0.231 e. The Balaban J connectivity index is 1.55. The summed E-state index contributed by atoms with van der Waals surface area (Å²) in [5, 5.41) is 3.24. The van der Waals surface area contributed by atoms with E-state index in [2.05, 4.69) is 17.4 Å². The largest absolute Gasteiger partial charge is 0.494 e. The lowest BCUT2D eigenvalue weighted by atomic mass is 10.1. The molecule has 1 amide bonds. The molecule has 2 N–H and O–H groups in total. The number of amides is 1. The first-order chi connectivity index (χ1) is 13.7. The van der Waals surface area contributed by atoms with E-state index in [9.17, 15) is 4.79 Å². The Morgan fingerprint density at radius 3 is 2.54 bits per heavy atom. The molecule has 28 heavy (non-hydrogen) atoms. The van der Waals surface area contributed by atoms with Crippen LogP contribution in [-0.2, 0) is 9.53 Å². The maximum absolute atomic E-state index is 12.6. The standard InChI is InChI=1S/C22H28N2O3S/c1-2-27-19-8-10-20(11-9-19)28-17-22(25)23-21(18-6-4-3-5-7-18)16-24-12-14-26-15-13-24/h3-11,21H,2,12-17H2,1H3,(H,23,25)/p+1/t21-/m0/s1. The Morgan fingerprint density at radius 2 is 1.86 bits per heavy atom. The fourth-order valence-corrected chi connectivity index (χ4v) is 3.98. The van der Waals surface area contributed by atoms with E-state index in [4.69, 9.17) is 9.47 Å². The van der Waals surface area contributed by atoms with Crippen LogP contribution < -0.4 is 15.0 Å². The summed E-state index contributed by atoms with van der Waals surface area (Å²) < 4.78 is 10.9. The summed E-state index contributed by atoms with van der Waals surface area (Å²) in [5.41, 5.74) is 1.15. The second-order valence-corrected chi connectivity index (χ2v) is 7.84. The highest BCUT2D eigenvalue weighted by atomic mass is 32.2. The van der Waals surface area contributed by atoms with Crippen LogP contribution in [0.5, 0.6) is 5.75 Å². The molecule has 0 aliphatic carbocycles. The first kappa shape index (κ1) is 20.7. The highest BCUT2D eigenvalue weighted by Crippen LogP contribution is 2.21. The summed E-state index contributed by atoms with van der Waals surface area (Å²) >= 11 is 1.54. The first-order valence-electron chi connectivity index (χ1n) is 9.86. The minimum atomic E-state index is 0.0164. The zero-order valence-corrected chi connectivity index (χ0v) is 17.2. The molecule has 5 nitrogen and oxygen atoms in total. The third-order valence-corrected chi connectivity index (χ3v) is 5.75. The molecule has 0 aromatic heterocycles. The van der Waals surface area contributed by atoms with Crippen LogP contribution in [0.1, 0.15) is 18.5 Å². The van der Waals surface area contributed by atoms with Crippen molar-refractivity contribution < 1.29 is 19.2 Å². The van der Waals surface area contributed by atoms with Gasteiger partial charge in [0.05, 0.1) is 25.6 Å². The molecule has 6 heteroatoms. The molecule has 0 unspecified atom stereocenters. The number of rotatable bonds is 9. The van der Waals surface area contributed by atoms with E-state index in [0.29, 0.717) is 12.4 Å². The van der Waals surface area contributed by atoms with Gasteiger partial charge in [-0.15, -0.1) is 11.8 Å². The lowest BCUT2D eigenvalue weighted by molar-refractivity contribution is -0.909. The molecule has 1 aliphatic rings. The lowest BCUT2D eigenvalue weighted by Crippen LogP contribution is -3.14. The van der Waals surface area contributed by atoms with Crippen molar-refractivity contribution >= 4 is 17.7 Å². The second kappa shape index (κ2) is 11.1. The molecular formula is C22H29N2O3S+. The van der Waals surface area contributed by atoms with Gasteiger partial charge >= 0.3 is 0 Å². The van der Waals surface area contributed by atoms with Crippen molar-refractivity contribution in [3.05, 3.63) is 60.2 Å². The zero-order valence-electron chi connectivity index (χ0n) is 16.4. The number of hydrogen-bond donors (Lipinski definition) is 2. The van der Waals surface area contributed by atoms with E-state index in [0.717, 1.165) is 49.1 Å². The van der Waals surface area contributed by atoms with E-state index >= 15 is 0 Å². The molecular weight excluding hydrogens is 372 g/mol. The third kappa shape index (κ3) is 6.55. The van der Waals surface area contributed by atoms with Crippen molar-refractivity contribution in [1.29, 1.82) is 0 Å². The molecule has 0 spiro atoms. The Bertz CT molecular complexity index is 718. The third-order valence-electron chi connectivity index (χ3n) is 4.73. The van der Waals surface area contributed by atoms with Crippen LogP contribution in [0.25, 0.3) is 0 Å². The van der Waals surface area contributed by atoms with Crippen LogP contribution in [0.15, 0.2) is 59.5 Å². The topological polar surface area (TPSA) is 52.0 Å². The van der Waals surface area contributed by atoms with Gasteiger partial charge in [0.15, 0.2) is 0 Å². The number of hydrogen-bond acceptors (Lipinski definition) is 4. The fraction of sp³-hybridized carbons (Fsp3) is 0.409. The highest BCUT2D eigenvalue weighted by Gasteiger charge is 2.22. The van der Waals surface area contributed by atoms with Gasteiger partial charge in [0.25, 0.3) is 0 Å². The van der Waals surface area contributed by atoms with Crippen molar-refractivity contribution in [2.24, 2.45) is 0 Å². The summed E-state index contributed by atoms with van der Waals surface area (Å²) in [6.07, 6.45) is 0. The minimum absolute atomic E-state index is 0.0164. The molecule has 3 rings (SSSR count). The van der Waals surface area contributed by atoms with Crippen LogP contribution in [-0.4, -0.2) is 51.1 Å². The van der Waals surface area contributed by atoms with E-state index in [-0.39, 0.29) is 11.9 Å². The summed E-state index contributed by atoms with van der Waals surface area (Å²) in [7, 11) is 0. The molecule has 1 atom stereocenters. The van der Waals surface area contributed by atoms with Gasteiger partial charge in [0, 0.05) is 4.90 Å². The molecule has 1 saturated heterocycles. The van der Waals surface area contributed by atoms with Gasteiger partial charge in [-0.1, -0.05) is 30.3 Å². The molecule has 0 bridgehead atoms. The maximum Gasteiger partial charge on any atom is 0.231 e. The number of carbonyl (C=O) groups is 1. The number of nitrogens with one attached hydrogen (secondary N) is 2. The summed E-state index contributed by atoms with van der Waals surface area (Å²) in [6.45, 7) is 7.06. The zero-order chi connectivity index (χ0) is 19.6. The van der Waals surface area contributed by atoms with E-state index < -0.39 is 0 Å². The van der Waals surface area contributed by atoms with Crippen LogP contribution >= 0.6 is 11.8 Å². The predicted octanol–water partition coefficient (Wildman–Crippen LogP) is 1.95. The maximum atomic E-state index is 12.6. The average molecular weight is 402 g/mol. The lowest BCUT2D eigenvalue weighted by Gasteiger charge is -2.28. The second-order valence-electron chi connectivity index (χ2n) is 6.79. The van der Waals surface area contributed by atoms with Gasteiger partial charge in [0.1, 0.15) is 31.4 Å². The monoisotopic (exact) mass is 401 g/mol. The van der Waals surface area contributed by atoms with Gasteiger partial charge in [0.2, 0.25) is 5.91 Å². The Kier molecular flexibility index (Phi) is 8.21. The van der Waals surface area contributed by atoms with Gasteiger partial charge in [-0.25, -0.2) is 0 Å². The summed E-state index contributed by atoms with van der Waals surface area (Å²) in [4.78, 5) is 15.2. The molecule has 1 aliphatic heterocycles. The average Bonchev–Trinajstić information content (AvgIpc) is 2.74. The molecule has 150 valence electrons. The molecule has 0 radical (unpaired) electrons. The normalized spacial score (nSPS) is 15.8. The Labute approximate surface area is 171 Å². The molecule has 2 aromatic carbocycles. The van der Waals surface area contributed by atoms with Crippen LogP contribution in [0.3, 0.4) is 0 Å². The molecule has 1 heterocycles. The van der Waals surface area contributed by atoms with Crippen LogP contribution in [0, 0.1) is 0 Å². The Hall–Kier alpha value is -2.02. The fourth-order valence-electron chi connectivity index (χ4n) is 3.27. The van der Waals surface area contributed by atoms with Crippen molar-refractivity contribution in [1.82, 2.24) is 5.32 Å². The predicted molar refractivity (Wildman–Crippen MR) is 112 cm³/mol. The van der Waals surface area contributed by atoms with Crippen LogP contribution in [0.4, 0.5) is 0 Å². The molecule has 2 aromatic rings. The van der Waals surface area contributed by atoms with Crippen molar-refractivity contribution in [3.8, 4) is 5.75 Å². The minimum Gasteiger partial charge on any atom is -0.494 e. The van der Waals surface area contributed by atoms with E-state index in [1.165, 1.54) is 4.90 Å². The van der Waals surface area contributed by atoms with E-state index in [1.807, 2.05) is 49.4 Å². The first-order valence-corrected chi connectivity index (χ1v) is 10.8. The van der Waals surface area contributed by atoms with E-state index in [1.54, 1.807) is 11.8 Å². The number of thioether (sulfide) groups is 1. The van der Waals surface area contributed by atoms with Gasteiger partial charge < -0.3 is 19.7 Å². The van der Waals surface area contributed by atoms with Crippen molar-refractivity contribution in [2.75, 3.05) is 45.2 Å². The Morgan fingerprint density at radius 1 is 1.14 bits per heavy atom. The van der Waals surface area contributed by atoms with Gasteiger partial charge in [-0.05, 0) is 36.8 Å². The van der Waals surface area contributed by atoms with Gasteiger partial charge in [-0.3, -0.25) is 4.79 Å². The SMILES string of the molecule is CCOc1ccc(SCC(=O)N[C@@H](C[NH+]2CCOCC2)c2ccccc2)cc1. The van der Waals surface area contributed by atoms with Gasteiger partial charge in [-0.2, -0.15) is 0 Å². The summed E-state index contributed by atoms with van der Waals surface area (Å²) in [6, 6.07) is 18.1. The van der Waals surface area contributed by atoms with Crippen molar-refractivity contribution in [2.45, 2.75) is 17.9 Å². The molecule has 0 saturated carbocycles. The van der Waals surface area contributed by atoms with Crippen molar-refractivity contribution in [3.63, 3.8) is 0 Å². The number of ether oxygens (including phenoxy) is 2. The van der Waals surface area contributed by atoms with Crippen LogP contribution in [0.2, 0.25) is 0 Å². The molecule has 1 fully saturated rings. The quantitative estimate of drug-likeness (QED) is 0.631. The number of morpholine rings is 1.